The molecule has 0 radical (unpaired) electrons. The Labute approximate surface area is 169 Å². The predicted octanol–water partition coefficient (Wildman–Crippen LogP) is 4.21. The number of nitrogens with zero attached hydrogens (tertiary/aromatic N) is 2. The third-order valence-corrected chi connectivity index (χ3v) is 4.16. The van der Waals surface area contributed by atoms with Crippen LogP contribution in [0.15, 0.2) is 48.7 Å². The van der Waals surface area contributed by atoms with Crippen molar-refractivity contribution in [3.05, 3.63) is 71.0 Å². The van der Waals surface area contributed by atoms with Gasteiger partial charge in [-0.2, -0.15) is 0 Å². The van der Waals surface area contributed by atoms with E-state index in [2.05, 4.69) is 9.97 Å². The smallest absolute Gasteiger partial charge is 0.304 e. The number of carbonyl (C=O) groups is 1. The topological polar surface area (TPSA) is 98.3 Å². The number of halogens is 3. The van der Waals surface area contributed by atoms with Crippen molar-refractivity contribution in [1.82, 2.24) is 9.97 Å². The largest absolute Gasteiger partial charge is 0.481 e. The molecule has 29 heavy (non-hydrogen) atoms. The van der Waals surface area contributed by atoms with Crippen molar-refractivity contribution in [3.8, 4) is 22.9 Å². The van der Waals surface area contributed by atoms with Crippen molar-refractivity contribution in [2.24, 2.45) is 5.73 Å². The highest BCUT2D eigenvalue weighted by Gasteiger charge is 2.14. The number of aromatic nitrogens is 2. The molecule has 1 aromatic carbocycles. The number of carboxylic acid groups (broad SMARTS) is 1. The van der Waals surface area contributed by atoms with Crippen molar-refractivity contribution in [2.75, 3.05) is 0 Å². The molecular formula is C20H16ClF2N3O3. The maximum atomic E-state index is 14.0. The van der Waals surface area contributed by atoms with E-state index in [1.807, 2.05) is 0 Å². The van der Waals surface area contributed by atoms with Crippen LogP contribution in [-0.2, 0) is 11.2 Å². The van der Waals surface area contributed by atoms with E-state index < -0.39 is 23.6 Å². The highest BCUT2D eigenvalue weighted by atomic mass is 35.5. The van der Waals surface area contributed by atoms with E-state index in [0.29, 0.717) is 17.0 Å². The maximum Gasteiger partial charge on any atom is 0.304 e. The van der Waals surface area contributed by atoms with Gasteiger partial charge >= 0.3 is 5.97 Å². The Bertz CT molecular complexity index is 1030. The lowest BCUT2D eigenvalue weighted by Gasteiger charge is -2.11. The number of carboxylic acids is 1. The molecule has 3 rings (SSSR count). The normalized spacial score (nSPS) is 11.9. The third kappa shape index (κ3) is 5.46. The van der Waals surface area contributed by atoms with Gasteiger partial charge in [0.05, 0.1) is 22.8 Å². The van der Waals surface area contributed by atoms with E-state index in [1.54, 1.807) is 24.3 Å². The molecule has 2 aromatic heterocycles. The second-order valence-electron chi connectivity index (χ2n) is 6.25. The molecule has 150 valence electrons. The zero-order valence-corrected chi connectivity index (χ0v) is 15.7. The molecule has 0 fully saturated rings. The Morgan fingerprint density at radius 1 is 1.17 bits per heavy atom. The van der Waals surface area contributed by atoms with Gasteiger partial charge in [0.25, 0.3) is 5.88 Å². The molecule has 0 saturated carbocycles. The minimum Gasteiger partial charge on any atom is -0.481 e. The van der Waals surface area contributed by atoms with Crippen LogP contribution in [0.2, 0.25) is 5.02 Å². The summed E-state index contributed by atoms with van der Waals surface area (Å²) in [6.07, 6.45) is 0.981. The molecule has 9 heteroatoms. The van der Waals surface area contributed by atoms with Crippen LogP contribution in [0.4, 0.5) is 8.78 Å². The highest BCUT2D eigenvalue weighted by molar-refractivity contribution is 6.30. The first-order chi connectivity index (χ1) is 13.8. The van der Waals surface area contributed by atoms with E-state index in [9.17, 15) is 13.6 Å². The number of pyridine rings is 2. The number of nitrogens with two attached hydrogens (primary N) is 1. The molecule has 0 aliphatic rings. The van der Waals surface area contributed by atoms with Gasteiger partial charge in [0, 0.05) is 24.2 Å². The van der Waals surface area contributed by atoms with Crippen molar-refractivity contribution in [2.45, 2.75) is 18.9 Å². The summed E-state index contributed by atoms with van der Waals surface area (Å²) in [5, 5.41) is 8.94. The van der Waals surface area contributed by atoms with Crippen LogP contribution in [0, 0.1) is 11.6 Å². The SMILES string of the molecule is N[C@H](CC(=O)O)Cc1nc(-c2ccc(Oc3ncc(Cl)cc3F)cc2)ccc1F. The van der Waals surface area contributed by atoms with E-state index in [-0.39, 0.29) is 29.4 Å². The standard InChI is InChI=1S/C20H16ClF2N3O3/c21-12-7-16(23)20(25-10-12)29-14-3-1-11(2-4-14)17-6-5-15(22)18(26-17)8-13(24)9-19(27)28/h1-7,10,13H,8-9,24H2,(H,27,28)/t13-/m0/s1. The summed E-state index contributed by atoms with van der Waals surface area (Å²) in [6.45, 7) is 0. The quantitative estimate of drug-likeness (QED) is 0.595. The number of rotatable bonds is 7. The van der Waals surface area contributed by atoms with Gasteiger partial charge in [0.2, 0.25) is 0 Å². The molecule has 0 spiro atoms. The summed E-state index contributed by atoms with van der Waals surface area (Å²) >= 11 is 5.66. The molecule has 2 heterocycles. The highest BCUT2D eigenvalue weighted by Crippen LogP contribution is 2.27. The molecular weight excluding hydrogens is 404 g/mol. The first-order valence-electron chi connectivity index (χ1n) is 8.54. The van der Waals surface area contributed by atoms with Crippen LogP contribution in [-0.4, -0.2) is 27.1 Å². The van der Waals surface area contributed by atoms with Gasteiger partial charge in [-0.1, -0.05) is 11.6 Å². The monoisotopic (exact) mass is 419 g/mol. The van der Waals surface area contributed by atoms with Gasteiger partial charge in [-0.25, -0.2) is 18.7 Å². The molecule has 0 bridgehead atoms. The molecule has 0 amide bonds. The zero-order chi connectivity index (χ0) is 21.0. The van der Waals surface area contributed by atoms with Crippen LogP contribution in [0.3, 0.4) is 0 Å². The Balaban J connectivity index is 1.77. The number of hydrogen-bond acceptors (Lipinski definition) is 5. The lowest BCUT2D eigenvalue weighted by atomic mass is 10.1. The summed E-state index contributed by atoms with van der Waals surface area (Å²) in [7, 11) is 0. The fourth-order valence-electron chi connectivity index (χ4n) is 2.62. The van der Waals surface area contributed by atoms with Gasteiger partial charge in [0.1, 0.15) is 11.6 Å². The number of hydrogen-bond donors (Lipinski definition) is 2. The number of ether oxygens (including phenoxy) is 1. The van der Waals surface area contributed by atoms with Crippen LogP contribution in [0.25, 0.3) is 11.3 Å². The maximum absolute atomic E-state index is 14.0. The molecule has 6 nitrogen and oxygen atoms in total. The van der Waals surface area contributed by atoms with Gasteiger partial charge < -0.3 is 15.6 Å². The summed E-state index contributed by atoms with van der Waals surface area (Å²) in [5.41, 5.74) is 6.96. The minimum atomic E-state index is -1.06. The first-order valence-corrected chi connectivity index (χ1v) is 8.91. The average Bonchev–Trinajstić information content (AvgIpc) is 2.66. The Morgan fingerprint density at radius 3 is 2.55 bits per heavy atom. The van der Waals surface area contributed by atoms with Crippen LogP contribution >= 0.6 is 11.6 Å². The van der Waals surface area contributed by atoms with Gasteiger partial charge in [-0.15, -0.1) is 0 Å². The summed E-state index contributed by atoms with van der Waals surface area (Å²) in [6, 6.07) is 9.62. The minimum absolute atomic E-state index is 0.00528. The van der Waals surface area contributed by atoms with Gasteiger partial charge in [-0.3, -0.25) is 4.79 Å². The number of benzene rings is 1. The van der Waals surface area contributed by atoms with E-state index in [1.165, 1.54) is 18.3 Å². The Hall–Kier alpha value is -3.10. The van der Waals surface area contributed by atoms with Crippen molar-refractivity contribution in [1.29, 1.82) is 0 Å². The number of aliphatic carboxylic acids is 1. The fourth-order valence-corrected chi connectivity index (χ4v) is 2.76. The van der Waals surface area contributed by atoms with E-state index in [0.717, 1.165) is 6.07 Å². The molecule has 3 N–H and O–H groups in total. The predicted molar refractivity (Wildman–Crippen MR) is 103 cm³/mol. The van der Waals surface area contributed by atoms with Gasteiger partial charge in [-0.05, 0) is 42.5 Å². The summed E-state index contributed by atoms with van der Waals surface area (Å²) in [5.74, 6) is -2.18. The molecule has 0 aliphatic carbocycles. The van der Waals surface area contributed by atoms with Crippen molar-refractivity contribution >= 4 is 17.6 Å². The fraction of sp³-hybridized carbons (Fsp3) is 0.150. The second-order valence-corrected chi connectivity index (χ2v) is 6.69. The zero-order valence-electron chi connectivity index (χ0n) is 15.0. The molecule has 0 aliphatic heterocycles. The van der Waals surface area contributed by atoms with E-state index >= 15 is 0 Å². The van der Waals surface area contributed by atoms with Crippen LogP contribution in [0.5, 0.6) is 11.6 Å². The Morgan fingerprint density at radius 2 is 1.90 bits per heavy atom. The summed E-state index contributed by atoms with van der Waals surface area (Å²) < 4.78 is 33.2. The lowest BCUT2D eigenvalue weighted by Crippen LogP contribution is -2.27. The van der Waals surface area contributed by atoms with Gasteiger partial charge in [0.15, 0.2) is 5.82 Å². The molecule has 3 aromatic rings. The summed E-state index contributed by atoms with van der Waals surface area (Å²) in [4.78, 5) is 18.8. The van der Waals surface area contributed by atoms with Crippen molar-refractivity contribution in [3.63, 3.8) is 0 Å². The average molecular weight is 420 g/mol. The van der Waals surface area contributed by atoms with E-state index in [4.69, 9.17) is 27.2 Å². The molecule has 0 unspecified atom stereocenters. The van der Waals surface area contributed by atoms with Crippen LogP contribution in [0.1, 0.15) is 12.1 Å². The third-order valence-electron chi connectivity index (χ3n) is 3.95. The first kappa shape index (κ1) is 20.6. The van der Waals surface area contributed by atoms with Crippen molar-refractivity contribution < 1.29 is 23.4 Å². The Kier molecular flexibility index (Phi) is 6.36. The molecule has 0 saturated heterocycles. The second kappa shape index (κ2) is 8.93. The van der Waals surface area contributed by atoms with Crippen LogP contribution < -0.4 is 10.5 Å². The lowest BCUT2D eigenvalue weighted by molar-refractivity contribution is -0.137. The molecule has 1 atom stereocenters.